The van der Waals surface area contributed by atoms with Crippen molar-refractivity contribution in [3.05, 3.63) is 59.0 Å². The summed E-state index contributed by atoms with van der Waals surface area (Å²) in [5.74, 6) is 0.820. The van der Waals surface area contributed by atoms with Crippen molar-refractivity contribution in [3.8, 4) is 0 Å². The van der Waals surface area contributed by atoms with Crippen LogP contribution >= 0.6 is 0 Å². The smallest absolute Gasteiger partial charge is 0.335 e. The van der Waals surface area contributed by atoms with Crippen LogP contribution in [0.2, 0.25) is 0 Å². The average Bonchev–Trinajstić information content (AvgIpc) is 3.11. The number of aromatic carboxylic acids is 1. The minimum Gasteiger partial charge on any atom is -0.478 e. The Kier molecular flexibility index (Phi) is 5.22. The number of nitrogens with zero attached hydrogens (tertiary/aromatic N) is 1. The lowest BCUT2D eigenvalue weighted by Gasteiger charge is -2.34. The molecule has 1 aromatic carbocycles. The van der Waals surface area contributed by atoms with Crippen LogP contribution in [0.3, 0.4) is 0 Å². The van der Waals surface area contributed by atoms with Gasteiger partial charge in [-0.15, -0.1) is 0 Å². The summed E-state index contributed by atoms with van der Waals surface area (Å²) < 4.78 is 5.88. The van der Waals surface area contributed by atoms with Gasteiger partial charge in [0, 0.05) is 13.0 Å². The lowest BCUT2D eigenvalue weighted by Crippen LogP contribution is -2.39. The second kappa shape index (κ2) is 7.55. The summed E-state index contributed by atoms with van der Waals surface area (Å²) >= 11 is 0. The van der Waals surface area contributed by atoms with Crippen LogP contribution in [0.1, 0.15) is 59.7 Å². The van der Waals surface area contributed by atoms with Gasteiger partial charge in [0.1, 0.15) is 11.5 Å². The minimum absolute atomic E-state index is 0.0155. The van der Waals surface area contributed by atoms with E-state index in [0.29, 0.717) is 6.54 Å². The fraction of sp³-hybridized carbons (Fsp3) is 0.400. The SMILES string of the molecule is CCc1ccc(C2CCCCN2C(=O)Cc2cccc(C(=O)O)c2)o1. The Balaban J connectivity index is 1.76. The number of rotatable bonds is 5. The molecule has 25 heavy (non-hydrogen) atoms. The number of piperidine rings is 1. The summed E-state index contributed by atoms with van der Waals surface area (Å²) in [7, 11) is 0. The van der Waals surface area contributed by atoms with E-state index >= 15 is 0 Å². The van der Waals surface area contributed by atoms with Gasteiger partial charge in [-0.2, -0.15) is 0 Å². The van der Waals surface area contributed by atoms with Crippen LogP contribution in [0, 0.1) is 0 Å². The van der Waals surface area contributed by atoms with E-state index in [1.54, 1.807) is 18.2 Å². The first kappa shape index (κ1) is 17.3. The number of furan rings is 1. The number of aryl methyl sites for hydroxylation is 1. The second-order valence-corrected chi connectivity index (χ2v) is 6.44. The van der Waals surface area contributed by atoms with Crippen LogP contribution in [-0.2, 0) is 17.6 Å². The molecule has 1 aromatic heterocycles. The molecule has 1 saturated heterocycles. The maximum atomic E-state index is 12.8. The first-order valence-electron chi connectivity index (χ1n) is 8.78. The third kappa shape index (κ3) is 3.92. The topological polar surface area (TPSA) is 70.8 Å². The quantitative estimate of drug-likeness (QED) is 0.897. The molecule has 0 saturated carbocycles. The van der Waals surface area contributed by atoms with Gasteiger partial charge in [-0.25, -0.2) is 4.79 Å². The van der Waals surface area contributed by atoms with Crippen molar-refractivity contribution in [1.29, 1.82) is 0 Å². The zero-order valence-electron chi connectivity index (χ0n) is 14.4. The third-order valence-electron chi connectivity index (χ3n) is 4.71. The molecule has 1 N–H and O–H groups in total. The predicted octanol–water partition coefficient (Wildman–Crippen LogP) is 3.84. The normalized spacial score (nSPS) is 17.5. The number of carboxylic acid groups (broad SMARTS) is 1. The van der Waals surface area contributed by atoms with Gasteiger partial charge in [0.15, 0.2) is 0 Å². The molecule has 1 atom stereocenters. The lowest BCUT2D eigenvalue weighted by atomic mass is 9.98. The molecule has 0 aliphatic carbocycles. The molecule has 0 radical (unpaired) electrons. The number of benzene rings is 1. The fourth-order valence-electron chi connectivity index (χ4n) is 3.38. The Morgan fingerprint density at radius 2 is 2.08 bits per heavy atom. The molecule has 5 heteroatoms. The molecular weight excluding hydrogens is 318 g/mol. The fourth-order valence-corrected chi connectivity index (χ4v) is 3.38. The highest BCUT2D eigenvalue weighted by atomic mass is 16.4. The number of carboxylic acids is 1. The van der Waals surface area contributed by atoms with Crippen molar-refractivity contribution in [2.75, 3.05) is 6.54 Å². The Morgan fingerprint density at radius 3 is 2.80 bits per heavy atom. The number of amides is 1. The highest BCUT2D eigenvalue weighted by molar-refractivity contribution is 5.88. The van der Waals surface area contributed by atoms with Gasteiger partial charge in [0.25, 0.3) is 0 Å². The van der Waals surface area contributed by atoms with Gasteiger partial charge in [-0.3, -0.25) is 4.79 Å². The Morgan fingerprint density at radius 1 is 1.24 bits per heavy atom. The molecule has 0 spiro atoms. The largest absolute Gasteiger partial charge is 0.478 e. The van der Waals surface area contributed by atoms with Crippen LogP contribution in [0.4, 0.5) is 0 Å². The van der Waals surface area contributed by atoms with Crippen LogP contribution in [0.15, 0.2) is 40.8 Å². The van der Waals surface area contributed by atoms with Crippen LogP contribution in [0.5, 0.6) is 0 Å². The Bertz CT molecular complexity index is 765. The summed E-state index contributed by atoms with van der Waals surface area (Å²) in [6, 6.07) is 10.5. The summed E-state index contributed by atoms with van der Waals surface area (Å²) in [6.45, 7) is 2.76. The van der Waals surface area contributed by atoms with Crippen LogP contribution in [0.25, 0.3) is 0 Å². The van der Waals surface area contributed by atoms with Gasteiger partial charge in [0.2, 0.25) is 5.91 Å². The predicted molar refractivity (Wildman–Crippen MR) is 93.5 cm³/mol. The first-order chi connectivity index (χ1) is 12.1. The second-order valence-electron chi connectivity index (χ2n) is 6.44. The average molecular weight is 341 g/mol. The molecule has 2 aromatic rings. The molecule has 0 bridgehead atoms. The molecular formula is C20H23NO4. The van der Waals surface area contributed by atoms with Crippen LogP contribution in [-0.4, -0.2) is 28.4 Å². The summed E-state index contributed by atoms with van der Waals surface area (Å²) in [6.07, 6.45) is 4.00. The van der Waals surface area contributed by atoms with E-state index < -0.39 is 5.97 Å². The monoisotopic (exact) mass is 341 g/mol. The molecule has 3 rings (SSSR count). The maximum Gasteiger partial charge on any atom is 0.335 e. The third-order valence-corrected chi connectivity index (χ3v) is 4.71. The van der Waals surface area contributed by atoms with E-state index in [1.165, 1.54) is 6.07 Å². The minimum atomic E-state index is -0.979. The number of likely N-dealkylation sites (tertiary alicyclic amines) is 1. The van der Waals surface area contributed by atoms with E-state index in [2.05, 4.69) is 0 Å². The van der Waals surface area contributed by atoms with Crippen molar-refractivity contribution in [2.45, 2.75) is 45.1 Å². The molecule has 5 nitrogen and oxygen atoms in total. The molecule has 1 aliphatic rings. The highest BCUT2D eigenvalue weighted by Gasteiger charge is 2.30. The van der Waals surface area contributed by atoms with E-state index in [0.717, 1.165) is 42.8 Å². The molecule has 1 unspecified atom stereocenters. The van der Waals surface area contributed by atoms with Crippen molar-refractivity contribution >= 4 is 11.9 Å². The molecule has 132 valence electrons. The van der Waals surface area contributed by atoms with Crippen LogP contribution < -0.4 is 0 Å². The van der Waals surface area contributed by atoms with E-state index in [-0.39, 0.29) is 23.9 Å². The number of carbonyl (C=O) groups excluding carboxylic acids is 1. The van der Waals surface area contributed by atoms with Gasteiger partial charge in [-0.05, 0) is 49.1 Å². The Labute approximate surface area is 147 Å². The van der Waals surface area contributed by atoms with E-state index in [1.807, 2.05) is 24.0 Å². The van der Waals surface area contributed by atoms with Crippen molar-refractivity contribution in [3.63, 3.8) is 0 Å². The van der Waals surface area contributed by atoms with Gasteiger partial charge >= 0.3 is 5.97 Å². The highest BCUT2D eigenvalue weighted by Crippen LogP contribution is 2.32. The maximum absolute atomic E-state index is 12.8. The number of hydrogen-bond donors (Lipinski definition) is 1. The molecule has 1 aliphatic heterocycles. The summed E-state index contributed by atoms with van der Waals surface area (Å²) in [5.41, 5.74) is 0.932. The standard InChI is InChI=1S/C20H23NO4/c1-2-16-9-10-18(25-16)17-8-3-4-11-21(17)19(22)13-14-6-5-7-15(12-14)20(23)24/h5-7,9-10,12,17H,2-4,8,11,13H2,1H3,(H,23,24). The molecule has 2 heterocycles. The van der Waals surface area contributed by atoms with E-state index in [9.17, 15) is 9.59 Å². The molecule has 1 amide bonds. The number of hydrogen-bond acceptors (Lipinski definition) is 3. The Hall–Kier alpha value is -2.56. The van der Waals surface area contributed by atoms with E-state index in [4.69, 9.17) is 9.52 Å². The zero-order valence-corrected chi connectivity index (χ0v) is 14.4. The molecule has 1 fully saturated rings. The number of carbonyl (C=O) groups is 2. The lowest BCUT2D eigenvalue weighted by molar-refractivity contribution is -0.134. The zero-order chi connectivity index (χ0) is 17.8. The van der Waals surface area contributed by atoms with Crippen molar-refractivity contribution < 1.29 is 19.1 Å². The summed E-state index contributed by atoms with van der Waals surface area (Å²) in [4.78, 5) is 25.8. The summed E-state index contributed by atoms with van der Waals surface area (Å²) in [5, 5.41) is 9.10. The van der Waals surface area contributed by atoms with Gasteiger partial charge < -0.3 is 14.4 Å². The van der Waals surface area contributed by atoms with Crippen molar-refractivity contribution in [2.24, 2.45) is 0 Å². The van der Waals surface area contributed by atoms with Gasteiger partial charge in [0.05, 0.1) is 18.0 Å². The van der Waals surface area contributed by atoms with Gasteiger partial charge in [-0.1, -0.05) is 19.1 Å². The first-order valence-corrected chi connectivity index (χ1v) is 8.78. The van der Waals surface area contributed by atoms with Crippen molar-refractivity contribution in [1.82, 2.24) is 4.90 Å².